The van der Waals surface area contributed by atoms with E-state index in [0.29, 0.717) is 16.9 Å². The summed E-state index contributed by atoms with van der Waals surface area (Å²) >= 11 is 5.34. The lowest BCUT2D eigenvalue weighted by Gasteiger charge is -2.32. The topological polar surface area (TPSA) is 62.6 Å². The largest absolute Gasteiger partial charge is 0.449 e. The molecule has 0 bridgehead atoms. The average Bonchev–Trinajstić information content (AvgIpc) is 2.87. The van der Waals surface area contributed by atoms with Crippen LogP contribution < -0.4 is 5.32 Å². The zero-order chi connectivity index (χ0) is 26.4. The van der Waals surface area contributed by atoms with Gasteiger partial charge in [0.25, 0.3) is 0 Å². The van der Waals surface area contributed by atoms with E-state index in [1.165, 1.54) is 10.7 Å². The van der Waals surface area contributed by atoms with Gasteiger partial charge in [0.1, 0.15) is 4.64 Å². The molecular formula is C26H28F3N5O2S. The molecule has 1 aliphatic heterocycles. The van der Waals surface area contributed by atoms with Crippen molar-refractivity contribution in [2.24, 2.45) is 0 Å². The van der Waals surface area contributed by atoms with E-state index in [0.717, 1.165) is 56.8 Å². The Morgan fingerprint density at radius 3 is 2.51 bits per heavy atom. The summed E-state index contributed by atoms with van der Waals surface area (Å²) < 4.78 is 47.9. The maximum absolute atomic E-state index is 13.7. The molecular weight excluding hydrogens is 503 g/mol. The van der Waals surface area contributed by atoms with Gasteiger partial charge in [-0.15, -0.1) is 0 Å². The summed E-state index contributed by atoms with van der Waals surface area (Å²) in [6.07, 6.45) is 0.229. The summed E-state index contributed by atoms with van der Waals surface area (Å²) in [6.45, 7) is 5.60. The molecule has 1 aromatic heterocycles. The number of ether oxygens (including phenoxy) is 1. The smallest absolute Gasteiger partial charge is 0.411 e. The first-order valence-corrected chi connectivity index (χ1v) is 12.4. The Morgan fingerprint density at radius 2 is 1.78 bits per heavy atom. The van der Waals surface area contributed by atoms with Gasteiger partial charge in [-0.2, -0.15) is 5.10 Å². The monoisotopic (exact) mass is 531 g/mol. The number of carbonyl (C=O) groups is 1. The van der Waals surface area contributed by atoms with Gasteiger partial charge in [-0.1, -0.05) is 24.4 Å². The van der Waals surface area contributed by atoms with Crippen LogP contribution in [0.4, 0.5) is 23.7 Å². The molecule has 1 N–H and O–H groups in total. The number of hydrogen-bond donors (Lipinski definition) is 1. The number of rotatable bonds is 8. The third-order valence-corrected chi connectivity index (χ3v) is 6.45. The Bertz CT molecular complexity index is 1290. The number of halogens is 3. The van der Waals surface area contributed by atoms with Crippen molar-refractivity contribution in [1.82, 2.24) is 19.6 Å². The zero-order valence-corrected chi connectivity index (χ0v) is 21.2. The first kappa shape index (κ1) is 26.8. The predicted molar refractivity (Wildman–Crippen MR) is 137 cm³/mol. The highest BCUT2D eigenvalue weighted by atomic mass is 32.1. The fourth-order valence-electron chi connectivity index (χ4n) is 4.02. The van der Waals surface area contributed by atoms with Crippen LogP contribution in [0.1, 0.15) is 12.0 Å². The molecule has 1 amide bonds. The van der Waals surface area contributed by atoms with Gasteiger partial charge in [-0.3, -0.25) is 5.32 Å². The predicted octanol–water partition coefficient (Wildman–Crippen LogP) is 4.93. The van der Waals surface area contributed by atoms with Crippen LogP contribution in [-0.4, -0.2) is 72.1 Å². The fourth-order valence-corrected chi connectivity index (χ4v) is 4.19. The third-order valence-electron chi connectivity index (χ3n) is 6.10. The molecule has 0 saturated carbocycles. The average molecular weight is 532 g/mol. The minimum atomic E-state index is -1.53. The maximum atomic E-state index is 13.7. The molecule has 0 radical (unpaired) electrons. The first-order chi connectivity index (χ1) is 17.8. The lowest BCUT2D eigenvalue weighted by atomic mass is 10.1. The van der Waals surface area contributed by atoms with Crippen molar-refractivity contribution >= 4 is 24.0 Å². The summed E-state index contributed by atoms with van der Waals surface area (Å²) in [4.78, 5) is 16.9. The van der Waals surface area contributed by atoms with Crippen LogP contribution in [0.3, 0.4) is 0 Å². The van der Waals surface area contributed by atoms with Gasteiger partial charge in [0.15, 0.2) is 17.5 Å². The van der Waals surface area contributed by atoms with Crippen LogP contribution in [0.15, 0.2) is 48.5 Å². The highest BCUT2D eigenvalue weighted by Gasteiger charge is 2.14. The molecule has 11 heteroatoms. The van der Waals surface area contributed by atoms with Gasteiger partial charge in [0, 0.05) is 44.0 Å². The second-order valence-electron chi connectivity index (χ2n) is 8.93. The molecule has 2 heterocycles. The minimum absolute atomic E-state index is 0.0888. The molecule has 2 aromatic carbocycles. The Kier molecular flexibility index (Phi) is 8.91. The van der Waals surface area contributed by atoms with Crippen LogP contribution in [0, 0.1) is 22.1 Å². The number of likely N-dealkylation sites (N-methyl/N-ethyl adjacent to an activating group) is 1. The summed E-state index contributed by atoms with van der Waals surface area (Å²) in [5, 5.41) is 7.10. The van der Waals surface area contributed by atoms with E-state index in [9.17, 15) is 18.0 Å². The fraction of sp³-hybridized carbons (Fsp3) is 0.346. The minimum Gasteiger partial charge on any atom is -0.449 e. The molecule has 1 aliphatic rings. The molecule has 0 atom stereocenters. The second-order valence-corrected chi connectivity index (χ2v) is 9.35. The normalized spacial score (nSPS) is 14.5. The molecule has 37 heavy (non-hydrogen) atoms. The Labute approximate surface area is 218 Å². The van der Waals surface area contributed by atoms with Crippen LogP contribution in [-0.2, 0) is 11.3 Å². The second kappa shape index (κ2) is 12.3. The van der Waals surface area contributed by atoms with Gasteiger partial charge in [0.2, 0.25) is 0 Å². The Hall–Kier alpha value is -3.28. The molecule has 0 aliphatic carbocycles. The van der Waals surface area contributed by atoms with Crippen molar-refractivity contribution in [2.45, 2.75) is 13.0 Å². The number of nitrogens with one attached hydrogen (secondary N) is 1. The van der Waals surface area contributed by atoms with Gasteiger partial charge >= 0.3 is 6.09 Å². The molecule has 196 valence electrons. The quantitative estimate of drug-likeness (QED) is 0.253. The summed E-state index contributed by atoms with van der Waals surface area (Å²) in [5.74, 6) is -4.12. The van der Waals surface area contributed by atoms with Crippen molar-refractivity contribution in [3.63, 3.8) is 0 Å². The van der Waals surface area contributed by atoms with E-state index < -0.39 is 23.5 Å². The molecule has 1 saturated heterocycles. The number of hydrogen-bond acceptors (Lipinski definition) is 6. The van der Waals surface area contributed by atoms with E-state index in [1.807, 2.05) is 6.07 Å². The molecule has 7 nitrogen and oxygen atoms in total. The van der Waals surface area contributed by atoms with Crippen LogP contribution >= 0.6 is 12.2 Å². The van der Waals surface area contributed by atoms with Crippen LogP contribution in [0.5, 0.6) is 0 Å². The molecule has 0 unspecified atom stereocenters. The molecule has 1 fully saturated rings. The Balaban J connectivity index is 1.34. The number of aromatic nitrogens is 2. The maximum Gasteiger partial charge on any atom is 0.411 e. The number of nitrogens with zero attached hydrogens (tertiary/aromatic N) is 4. The van der Waals surface area contributed by atoms with Crippen molar-refractivity contribution in [1.29, 1.82) is 0 Å². The van der Waals surface area contributed by atoms with E-state index in [-0.39, 0.29) is 17.8 Å². The first-order valence-electron chi connectivity index (χ1n) is 12.0. The summed E-state index contributed by atoms with van der Waals surface area (Å²) in [6, 6.07) is 12.0. The van der Waals surface area contributed by atoms with Crippen LogP contribution in [0.25, 0.3) is 11.3 Å². The van der Waals surface area contributed by atoms with Crippen molar-refractivity contribution < 1.29 is 22.7 Å². The molecule has 0 spiro atoms. The summed E-state index contributed by atoms with van der Waals surface area (Å²) in [7, 11) is 2.11. The standard InChI is InChI=1S/C26H28F3N5O2S/c1-32-9-11-33(12-10-32)8-3-13-36-26(35)30-20-5-2-4-18(14-20)17-34-24(37)7-6-23(31-34)19-15-21(27)25(29)22(28)16-19/h2,4-7,14-16H,3,8-13,17H2,1H3,(H,30,35). The highest BCUT2D eigenvalue weighted by Crippen LogP contribution is 2.22. The van der Waals surface area contributed by atoms with E-state index in [2.05, 4.69) is 27.3 Å². The van der Waals surface area contributed by atoms with Gasteiger partial charge in [0.05, 0.1) is 18.8 Å². The lowest BCUT2D eigenvalue weighted by Crippen LogP contribution is -2.44. The van der Waals surface area contributed by atoms with Crippen molar-refractivity contribution in [3.05, 3.63) is 76.2 Å². The number of benzene rings is 2. The van der Waals surface area contributed by atoms with Crippen LogP contribution in [0.2, 0.25) is 0 Å². The molecule has 3 aromatic rings. The third kappa shape index (κ3) is 7.37. The van der Waals surface area contributed by atoms with E-state index >= 15 is 0 Å². The van der Waals surface area contributed by atoms with Gasteiger partial charge in [-0.25, -0.2) is 22.6 Å². The lowest BCUT2D eigenvalue weighted by molar-refractivity contribution is 0.130. The number of amides is 1. The van der Waals surface area contributed by atoms with Gasteiger partial charge in [-0.05, 0) is 55.4 Å². The van der Waals surface area contributed by atoms with E-state index in [1.54, 1.807) is 24.3 Å². The van der Waals surface area contributed by atoms with E-state index in [4.69, 9.17) is 17.0 Å². The number of anilines is 1. The number of piperazine rings is 1. The van der Waals surface area contributed by atoms with Crippen molar-refractivity contribution in [2.75, 3.05) is 51.7 Å². The summed E-state index contributed by atoms with van der Waals surface area (Å²) in [5.41, 5.74) is 1.66. The zero-order valence-electron chi connectivity index (χ0n) is 20.4. The Morgan fingerprint density at radius 1 is 1.05 bits per heavy atom. The number of carbonyl (C=O) groups excluding carboxylic acids is 1. The van der Waals surface area contributed by atoms with Gasteiger partial charge < -0.3 is 14.5 Å². The highest BCUT2D eigenvalue weighted by molar-refractivity contribution is 7.71. The van der Waals surface area contributed by atoms with Crippen molar-refractivity contribution in [3.8, 4) is 11.3 Å². The SMILES string of the molecule is CN1CCN(CCCOC(=O)Nc2cccc(Cn3nc(-c4cc(F)c(F)c(F)c4)ccc3=S)c2)CC1. The molecule has 4 rings (SSSR count).